The lowest BCUT2D eigenvalue weighted by Gasteiger charge is -2.23. The first-order chi connectivity index (χ1) is 15.2. The molecule has 1 unspecified atom stereocenters. The van der Waals surface area contributed by atoms with Crippen LogP contribution in [0.15, 0.2) is 43.2 Å². The van der Waals surface area contributed by atoms with Crippen molar-refractivity contribution in [1.29, 1.82) is 0 Å². The van der Waals surface area contributed by atoms with Crippen molar-refractivity contribution in [3.8, 4) is 11.3 Å². The molecule has 5 heterocycles. The molecule has 0 spiro atoms. The van der Waals surface area contributed by atoms with Crippen LogP contribution in [0.2, 0.25) is 0 Å². The summed E-state index contributed by atoms with van der Waals surface area (Å²) in [4.78, 5) is 9.27. The molecule has 1 aliphatic rings. The van der Waals surface area contributed by atoms with E-state index in [1.807, 2.05) is 48.6 Å². The molecule has 9 nitrogen and oxygen atoms in total. The topological polar surface area (TPSA) is 84.3 Å². The SMILES string of the molecule is C[C@@H](c1cncn1CCOC1CCCCO1)c1c(-c2cnn(C)c2)nc2cccnn12. The molecule has 4 aromatic heterocycles. The van der Waals surface area contributed by atoms with Crippen LogP contribution < -0.4 is 0 Å². The van der Waals surface area contributed by atoms with Gasteiger partial charge in [0, 0.05) is 56.0 Å². The van der Waals surface area contributed by atoms with Crippen LogP contribution in [-0.4, -0.2) is 53.4 Å². The van der Waals surface area contributed by atoms with Gasteiger partial charge in [-0.25, -0.2) is 14.5 Å². The molecule has 0 saturated carbocycles. The third-order valence-corrected chi connectivity index (χ3v) is 5.78. The summed E-state index contributed by atoms with van der Waals surface area (Å²) in [6.07, 6.45) is 12.5. The van der Waals surface area contributed by atoms with Gasteiger partial charge in [-0.2, -0.15) is 10.2 Å². The maximum Gasteiger partial charge on any atom is 0.157 e. The zero-order chi connectivity index (χ0) is 21.2. The number of imidazole rings is 2. The largest absolute Gasteiger partial charge is 0.353 e. The lowest BCUT2D eigenvalue weighted by molar-refractivity contribution is -0.163. The molecular formula is C22H27N7O2. The molecule has 1 saturated heterocycles. The Labute approximate surface area is 180 Å². The summed E-state index contributed by atoms with van der Waals surface area (Å²) in [5.41, 5.74) is 4.78. The van der Waals surface area contributed by atoms with Gasteiger partial charge in [0.05, 0.1) is 30.5 Å². The van der Waals surface area contributed by atoms with Gasteiger partial charge in [-0.3, -0.25) is 4.68 Å². The summed E-state index contributed by atoms with van der Waals surface area (Å²) in [7, 11) is 1.91. The average molecular weight is 422 g/mol. The Balaban J connectivity index is 1.43. The fraction of sp³-hybridized carbons (Fsp3) is 0.455. The molecule has 1 fully saturated rings. The molecule has 0 bridgehead atoms. The Morgan fingerprint density at radius 2 is 2.19 bits per heavy atom. The van der Waals surface area contributed by atoms with Gasteiger partial charge in [-0.15, -0.1) is 0 Å². The molecule has 4 aromatic rings. The Hall–Kier alpha value is -3.04. The zero-order valence-electron chi connectivity index (χ0n) is 17.9. The van der Waals surface area contributed by atoms with Crippen LogP contribution in [0.1, 0.15) is 43.5 Å². The molecule has 0 aliphatic carbocycles. The smallest absolute Gasteiger partial charge is 0.157 e. The normalized spacial score (nSPS) is 17.9. The number of hydrogen-bond acceptors (Lipinski definition) is 6. The van der Waals surface area contributed by atoms with Crippen LogP contribution in [-0.2, 0) is 23.1 Å². The molecular weight excluding hydrogens is 394 g/mol. The number of aryl methyl sites for hydroxylation is 1. The minimum absolute atomic E-state index is 0.0218. The average Bonchev–Trinajstić information content (AvgIpc) is 3.52. The molecule has 2 atom stereocenters. The first-order valence-electron chi connectivity index (χ1n) is 10.8. The Bertz CT molecular complexity index is 1160. The van der Waals surface area contributed by atoms with E-state index in [4.69, 9.17) is 14.5 Å². The lowest BCUT2D eigenvalue weighted by atomic mass is 10.00. The number of aromatic nitrogens is 7. The second-order valence-corrected chi connectivity index (χ2v) is 7.94. The van der Waals surface area contributed by atoms with Crippen LogP contribution >= 0.6 is 0 Å². The van der Waals surface area contributed by atoms with Gasteiger partial charge in [0.15, 0.2) is 11.9 Å². The van der Waals surface area contributed by atoms with Gasteiger partial charge in [0.25, 0.3) is 0 Å². The van der Waals surface area contributed by atoms with Crippen molar-refractivity contribution in [3.63, 3.8) is 0 Å². The van der Waals surface area contributed by atoms with E-state index < -0.39 is 0 Å². The van der Waals surface area contributed by atoms with Crippen molar-refractivity contribution in [2.75, 3.05) is 13.2 Å². The van der Waals surface area contributed by atoms with Crippen molar-refractivity contribution in [2.45, 2.75) is 44.9 Å². The summed E-state index contributed by atoms with van der Waals surface area (Å²) in [6, 6.07) is 3.87. The van der Waals surface area contributed by atoms with Gasteiger partial charge < -0.3 is 14.0 Å². The van der Waals surface area contributed by atoms with Gasteiger partial charge in [-0.05, 0) is 31.4 Å². The first-order valence-corrected chi connectivity index (χ1v) is 10.8. The number of hydrogen-bond donors (Lipinski definition) is 0. The van der Waals surface area contributed by atoms with Gasteiger partial charge >= 0.3 is 0 Å². The monoisotopic (exact) mass is 421 g/mol. The highest BCUT2D eigenvalue weighted by Gasteiger charge is 2.25. The van der Waals surface area contributed by atoms with E-state index in [0.717, 1.165) is 54.2 Å². The Morgan fingerprint density at radius 3 is 3.00 bits per heavy atom. The van der Waals surface area contributed by atoms with Crippen molar-refractivity contribution in [3.05, 3.63) is 54.6 Å². The van der Waals surface area contributed by atoms with Crippen LogP contribution in [0.4, 0.5) is 0 Å². The fourth-order valence-electron chi connectivity index (χ4n) is 4.19. The van der Waals surface area contributed by atoms with E-state index in [1.54, 1.807) is 10.9 Å². The van der Waals surface area contributed by atoms with E-state index in [1.165, 1.54) is 0 Å². The second-order valence-electron chi connectivity index (χ2n) is 7.94. The second kappa shape index (κ2) is 8.60. The molecule has 5 rings (SSSR count). The third kappa shape index (κ3) is 3.98. The molecule has 162 valence electrons. The highest BCUT2D eigenvalue weighted by Crippen LogP contribution is 2.33. The molecule has 0 aromatic carbocycles. The first kappa shape index (κ1) is 19.9. The van der Waals surface area contributed by atoms with Crippen molar-refractivity contribution in [2.24, 2.45) is 7.05 Å². The summed E-state index contributed by atoms with van der Waals surface area (Å²) in [5, 5.41) is 8.90. The minimum Gasteiger partial charge on any atom is -0.353 e. The third-order valence-electron chi connectivity index (χ3n) is 5.78. The highest BCUT2D eigenvalue weighted by atomic mass is 16.7. The molecule has 0 N–H and O–H groups in total. The fourth-order valence-corrected chi connectivity index (χ4v) is 4.19. The van der Waals surface area contributed by atoms with Crippen LogP contribution in [0.3, 0.4) is 0 Å². The van der Waals surface area contributed by atoms with Gasteiger partial charge in [0.1, 0.15) is 0 Å². The number of rotatable bonds is 7. The maximum absolute atomic E-state index is 5.94. The van der Waals surface area contributed by atoms with E-state index in [0.29, 0.717) is 13.2 Å². The Morgan fingerprint density at radius 1 is 1.26 bits per heavy atom. The van der Waals surface area contributed by atoms with Crippen LogP contribution in [0.25, 0.3) is 16.9 Å². The van der Waals surface area contributed by atoms with E-state index >= 15 is 0 Å². The predicted molar refractivity (Wildman–Crippen MR) is 114 cm³/mol. The Kier molecular flexibility index (Phi) is 5.52. The number of ether oxygens (including phenoxy) is 2. The zero-order valence-corrected chi connectivity index (χ0v) is 17.9. The van der Waals surface area contributed by atoms with Crippen molar-refractivity contribution < 1.29 is 9.47 Å². The number of nitrogens with zero attached hydrogens (tertiary/aromatic N) is 7. The molecule has 0 radical (unpaired) electrons. The summed E-state index contributed by atoms with van der Waals surface area (Å²) >= 11 is 0. The van der Waals surface area contributed by atoms with Gasteiger partial charge in [0.2, 0.25) is 0 Å². The quantitative estimate of drug-likeness (QED) is 0.456. The van der Waals surface area contributed by atoms with Gasteiger partial charge in [-0.1, -0.05) is 6.92 Å². The number of fused-ring (bicyclic) bond motifs is 1. The summed E-state index contributed by atoms with van der Waals surface area (Å²) < 4.78 is 17.5. The molecule has 1 aliphatic heterocycles. The standard InChI is InChI=1S/C22H27N7O2/c1-16(18-13-23-15-28(18)9-11-31-20-7-3-4-10-30-20)22-21(17-12-25-27(2)14-17)26-19-6-5-8-24-29(19)22/h5-6,8,12-16,20H,3-4,7,9-11H2,1-2H3/t16-,20?/m0/s1. The predicted octanol–water partition coefficient (Wildman–Crippen LogP) is 3.02. The van der Waals surface area contributed by atoms with E-state index in [2.05, 4.69) is 26.7 Å². The van der Waals surface area contributed by atoms with Crippen molar-refractivity contribution in [1.82, 2.24) is 33.9 Å². The lowest BCUT2D eigenvalue weighted by Crippen LogP contribution is -2.24. The summed E-state index contributed by atoms with van der Waals surface area (Å²) in [5.74, 6) is 0.0218. The minimum atomic E-state index is -0.0849. The van der Waals surface area contributed by atoms with Crippen LogP contribution in [0, 0.1) is 0 Å². The highest BCUT2D eigenvalue weighted by molar-refractivity contribution is 5.66. The molecule has 0 amide bonds. The van der Waals surface area contributed by atoms with E-state index in [9.17, 15) is 0 Å². The van der Waals surface area contributed by atoms with Crippen LogP contribution in [0.5, 0.6) is 0 Å². The maximum atomic E-state index is 5.94. The summed E-state index contributed by atoms with van der Waals surface area (Å²) in [6.45, 7) is 4.25. The van der Waals surface area contributed by atoms with Crippen molar-refractivity contribution >= 4 is 5.65 Å². The molecule has 9 heteroatoms. The molecule has 31 heavy (non-hydrogen) atoms. The van der Waals surface area contributed by atoms with E-state index in [-0.39, 0.29) is 12.2 Å².